The average molecular weight is 472 g/mol. The Balaban J connectivity index is 4.09. The van der Waals surface area contributed by atoms with Crippen LogP contribution in [0, 0.1) is 0 Å². The molecule has 0 aromatic carbocycles. The standard InChI is InChI=1S/C25H49N3O5/c1-3-4-5-6-7-8-9-10-11-12-13-14-15-18-23(30)27-21(17-16-19-26)24(31)28(2)22(20-29)25(32)33/h21-22,29H,3-20,26H2,1-2H3,(H,27,30)(H,32,33)/t21-,22-/m0/s1. The van der Waals surface area contributed by atoms with Crippen molar-refractivity contribution in [3.8, 4) is 0 Å². The first-order chi connectivity index (χ1) is 15.9. The lowest BCUT2D eigenvalue weighted by Gasteiger charge is -2.28. The predicted molar refractivity (Wildman–Crippen MR) is 132 cm³/mol. The molecule has 0 aliphatic carbocycles. The molecule has 8 nitrogen and oxygen atoms in total. The molecule has 2 amide bonds. The molecule has 0 heterocycles. The van der Waals surface area contributed by atoms with Crippen molar-refractivity contribution >= 4 is 17.8 Å². The van der Waals surface area contributed by atoms with Crippen LogP contribution in [0.15, 0.2) is 0 Å². The summed E-state index contributed by atoms with van der Waals surface area (Å²) in [5.74, 6) is -2.02. The summed E-state index contributed by atoms with van der Waals surface area (Å²) >= 11 is 0. The Morgan fingerprint density at radius 1 is 0.848 bits per heavy atom. The molecule has 0 fully saturated rings. The van der Waals surface area contributed by atoms with Gasteiger partial charge >= 0.3 is 5.97 Å². The van der Waals surface area contributed by atoms with Crippen molar-refractivity contribution in [2.45, 2.75) is 122 Å². The molecule has 0 aliphatic heterocycles. The molecule has 0 spiro atoms. The van der Waals surface area contributed by atoms with E-state index in [0.29, 0.717) is 25.8 Å². The van der Waals surface area contributed by atoms with Gasteiger partial charge < -0.3 is 26.2 Å². The Morgan fingerprint density at radius 3 is 1.76 bits per heavy atom. The van der Waals surface area contributed by atoms with Crippen LogP contribution in [0.3, 0.4) is 0 Å². The van der Waals surface area contributed by atoms with Crippen LogP contribution < -0.4 is 11.1 Å². The van der Waals surface area contributed by atoms with Crippen molar-refractivity contribution in [3.63, 3.8) is 0 Å². The average Bonchev–Trinajstić information content (AvgIpc) is 2.79. The minimum Gasteiger partial charge on any atom is -0.480 e. The fraction of sp³-hybridized carbons (Fsp3) is 0.880. The number of nitrogens with zero attached hydrogens (tertiary/aromatic N) is 1. The molecule has 5 N–H and O–H groups in total. The van der Waals surface area contributed by atoms with E-state index in [1.807, 2.05) is 0 Å². The lowest BCUT2D eigenvalue weighted by molar-refractivity contribution is -0.151. The summed E-state index contributed by atoms with van der Waals surface area (Å²) in [6, 6.07) is -2.17. The van der Waals surface area contributed by atoms with Gasteiger partial charge in [-0.1, -0.05) is 84.0 Å². The molecular formula is C25H49N3O5. The molecule has 0 aliphatic rings. The molecular weight excluding hydrogens is 422 g/mol. The number of carboxylic acid groups (broad SMARTS) is 1. The molecule has 0 aromatic rings. The normalized spacial score (nSPS) is 12.8. The maximum absolute atomic E-state index is 12.7. The third-order valence-corrected chi connectivity index (χ3v) is 6.11. The molecule has 2 atom stereocenters. The number of aliphatic carboxylic acids is 1. The van der Waals surface area contributed by atoms with Gasteiger partial charge in [-0.25, -0.2) is 4.79 Å². The lowest BCUT2D eigenvalue weighted by atomic mass is 10.0. The molecule has 0 saturated heterocycles. The Bertz CT molecular complexity index is 530. The molecule has 0 aromatic heterocycles. The molecule has 8 heteroatoms. The number of carbonyl (C=O) groups excluding carboxylic acids is 2. The lowest BCUT2D eigenvalue weighted by Crippen LogP contribution is -2.53. The zero-order valence-electron chi connectivity index (χ0n) is 21.0. The van der Waals surface area contributed by atoms with Gasteiger partial charge in [0.2, 0.25) is 11.8 Å². The summed E-state index contributed by atoms with van der Waals surface area (Å²) in [7, 11) is 1.32. The molecule has 33 heavy (non-hydrogen) atoms. The number of nitrogens with two attached hydrogens (primary N) is 1. The third-order valence-electron chi connectivity index (χ3n) is 6.11. The first kappa shape index (κ1) is 31.3. The van der Waals surface area contributed by atoms with E-state index in [0.717, 1.165) is 24.2 Å². The summed E-state index contributed by atoms with van der Waals surface area (Å²) in [6.07, 6.45) is 17.2. The van der Waals surface area contributed by atoms with E-state index in [4.69, 9.17) is 10.8 Å². The molecule has 194 valence electrons. The summed E-state index contributed by atoms with van der Waals surface area (Å²) in [5.41, 5.74) is 5.54. The first-order valence-corrected chi connectivity index (χ1v) is 13.0. The second-order valence-corrected chi connectivity index (χ2v) is 9.03. The molecule has 0 bridgehead atoms. The van der Waals surface area contributed by atoms with Gasteiger partial charge in [-0.3, -0.25) is 9.59 Å². The van der Waals surface area contributed by atoms with Gasteiger partial charge in [0.15, 0.2) is 6.04 Å². The number of likely N-dealkylation sites (N-methyl/N-ethyl adjacent to an activating group) is 1. The summed E-state index contributed by atoms with van der Waals surface area (Å²) in [4.78, 5) is 37.2. The Morgan fingerprint density at radius 2 is 1.33 bits per heavy atom. The second kappa shape index (κ2) is 20.9. The van der Waals surface area contributed by atoms with E-state index in [2.05, 4.69) is 12.2 Å². The molecule has 0 radical (unpaired) electrons. The van der Waals surface area contributed by atoms with Crippen LogP contribution in [0.5, 0.6) is 0 Å². The quantitative estimate of drug-likeness (QED) is 0.178. The van der Waals surface area contributed by atoms with Gasteiger partial charge in [0.1, 0.15) is 6.04 Å². The Kier molecular flexibility index (Phi) is 19.8. The Hall–Kier alpha value is -1.67. The van der Waals surface area contributed by atoms with Crippen molar-refractivity contribution in [2.75, 3.05) is 20.2 Å². The van der Waals surface area contributed by atoms with Crippen molar-refractivity contribution in [1.29, 1.82) is 0 Å². The largest absolute Gasteiger partial charge is 0.480 e. The smallest absolute Gasteiger partial charge is 0.328 e. The number of amides is 2. The number of aliphatic hydroxyl groups is 1. The van der Waals surface area contributed by atoms with Crippen LogP contribution in [0.1, 0.15) is 110 Å². The van der Waals surface area contributed by atoms with Crippen molar-refractivity contribution in [3.05, 3.63) is 0 Å². The van der Waals surface area contributed by atoms with Crippen molar-refractivity contribution in [2.24, 2.45) is 5.73 Å². The SMILES string of the molecule is CCCCCCCCCCCCCCCC(=O)N[C@@H](CCCN)C(=O)N(C)[C@@H](CO)C(=O)O. The predicted octanol–water partition coefficient (Wildman–Crippen LogP) is 3.60. The third kappa shape index (κ3) is 15.7. The fourth-order valence-electron chi connectivity index (χ4n) is 3.91. The van der Waals surface area contributed by atoms with Gasteiger partial charge in [0.25, 0.3) is 0 Å². The molecule has 0 saturated carbocycles. The van der Waals surface area contributed by atoms with Crippen LogP contribution in [0.2, 0.25) is 0 Å². The van der Waals surface area contributed by atoms with E-state index in [1.54, 1.807) is 0 Å². The van der Waals surface area contributed by atoms with Crippen LogP contribution in [0.4, 0.5) is 0 Å². The van der Waals surface area contributed by atoms with Gasteiger partial charge in [-0.2, -0.15) is 0 Å². The molecule has 0 rings (SSSR count). The Labute approximate surface area is 200 Å². The number of aliphatic hydroxyl groups excluding tert-OH is 1. The zero-order chi connectivity index (χ0) is 24.9. The van der Waals surface area contributed by atoms with Crippen LogP contribution >= 0.6 is 0 Å². The first-order valence-electron chi connectivity index (χ1n) is 13.0. The number of unbranched alkanes of at least 4 members (excludes halogenated alkanes) is 12. The summed E-state index contributed by atoms with van der Waals surface area (Å²) < 4.78 is 0. The number of carboxylic acids is 1. The number of hydrogen-bond acceptors (Lipinski definition) is 5. The van der Waals surface area contributed by atoms with Gasteiger partial charge in [-0.05, 0) is 25.8 Å². The topological polar surface area (TPSA) is 133 Å². The van der Waals surface area contributed by atoms with Gasteiger partial charge in [0, 0.05) is 13.5 Å². The van der Waals surface area contributed by atoms with Gasteiger partial charge in [-0.15, -0.1) is 0 Å². The maximum Gasteiger partial charge on any atom is 0.328 e. The number of nitrogens with one attached hydrogen (secondary N) is 1. The molecule has 0 unspecified atom stereocenters. The monoisotopic (exact) mass is 471 g/mol. The zero-order valence-corrected chi connectivity index (χ0v) is 21.0. The summed E-state index contributed by atoms with van der Waals surface area (Å²) in [5, 5.41) is 21.2. The van der Waals surface area contributed by atoms with E-state index in [-0.39, 0.29) is 5.91 Å². The van der Waals surface area contributed by atoms with Crippen LogP contribution in [-0.4, -0.2) is 65.2 Å². The second-order valence-electron chi connectivity index (χ2n) is 9.03. The van der Waals surface area contributed by atoms with E-state index in [1.165, 1.54) is 71.3 Å². The highest BCUT2D eigenvalue weighted by molar-refractivity contribution is 5.90. The highest BCUT2D eigenvalue weighted by Gasteiger charge is 2.31. The highest BCUT2D eigenvalue weighted by atomic mass is 16.4. The summed E-state index contributed by atoms with van der Waals surface area (Å²) in [6.45, 7) is 1.92. The van der Waals surface area contributed by atoms with Gasteiger partial charge in [0.05, 0.1) is 6.61 Å². The van der Waals surface area contributed by atoms with E-state index < -0.39 is 30.6 Å². The maximum atomic E-state index is 12.7. The van der Waals surface area contributed by atoms with Crippen LogP contribution in [0.25, 0.3) is 0 Å². The highest BCUT2D eigenvalue weighted by Crippen LogP contribution is 2.13. The number of hydrogen-bond donors (Lipinski definition) is 4. The van der Waals surface area contributed by atoms with Crippen molar-refractivity contribution < 1.29 is 24.6 Å². The van der Waals surface area contributed by atoms with E-state index >= 15 is 0 Å². The van der Waals surface area contributed by atoms with Crippen molar-refractivity contribution in [1.82, 2.24) is 10.2 Å². The number of carbonyl (C=O) groups is 3. The number of rotatable bonds is 22. The minimum absolute atomic E-state index is 0.210. The fourth-order valence-corrected chi connectivity index (χ4v) is 3.91. The minimum atomic E-state index is -1.34. The van der Waals surface area contributed by atoms with E-state index in [9.17, 15) is 19.5 Å². The van der Waals surface area contributed by atoms with Crippen LogP contribution in [-0.2, 0) is 14.4 Å².